The molecule has 0 saturated carbocycles. The van der Waals surface area contributed by atoms with Crippen LogP contribution in [0.15, 0.2) is 0 Å². The van der Waals surface area contributed by atoms with Crippen LogP contribution in [0, 0.1) is 0 Å². The Hall–Kier alpha value is -1.83. The molecule has 0 spiro atoms. The fraction of sp³-hybridized carbons (Fsp3) is 0.545. The molecule has 0 radical (unpaired) electrons. The molecule has 2 heterocycles. The van der Waals surface area contributed by atoms with Crippen molar-refractivity contribution in [3.05, 3.63) is 4.88 Å². The Bertz CT molecular complexity index is 501. The van der Waals surface area contributed by atoms with Crippen LogP contribution in [0.1, 0.15) is 16.6 Å². The molecule has 1 aliphatic heterocycles. The summed E-state index contributed by atoms with van der Waals surface area (Å²) < 4.78 is 0. The number of thiazole rings is 1. The van der Waals surface area contributed by atoms with Crippen molar-refractivity contribution in [2.75, 3.05) is 43.9 Å². The normalized spacial score (nSPS) is 15.3. The average Bonchev–Trinajstić information content (AvgIpc) is 2.79. The molecule has 0 aromatic carbocycles. The van der Waals surface area contributed by atoms with E-state index in [0.717, 1.165) is 6.54 Å². The number of carbonyl (C=O) groups excluding carboxylic acids is 2. The fourth-order valence-electron chi connectivity index (χ4n) is 1.73. The number of nitrogen functional groups attached to an aromatic ring is 1. The number of carbonyl (C=O) groups is 2. The predicted octanol–water partition coefficient (Wildman–Crippen LogP) is -0.247. The topological polar surface area (TPSA) is 91.6 Å². The van der Waals surface area contributed by atoms with Crippen LogP contribution >= 0.6 is 11.3 Å². The second-order valence-electron chi connectivity index (χ2n) is 4.30. The van der Waals surface area contributed by atoms with Crippen molar-refractivity contribution in [2.24, 2.45) is 0 Å². The van der Waals surface area contributed by atoms with E-state index in [2.05, 4.69) is 10.3 Å². The minimum atomic E-state index is -0.222. The lowest BCUT2D eigenvalue weighted by atomic mass is 10.3. The lowest BCUT2D eigenvalue weighted by Gasteiger charge is -2.26. The molecule has 19 heavy (non-hydrogen) atoms. The zero-order chi connectivity index (χ0) is 14.0. The van der Waals surface area contributed by atoms with Gasteiger partial charge in [-0.15, -0.1) is 0 Å². The minimum Gasteiger partial charge on any atom is -0.382 e. The standard InChI is InChI=1S/C11H17N5O2S/c1-3-15(2)11-14-9(12)8(19-11)10(18)16-5-4-13-7(17)6-16/h3-6,12H2,1-2H3,(H,13,17). The molecule has 1 aliphatic rings. The minimum absolute atomic E-state index is 0.0785. The smallest absolute Gasteiger partial charge is 0.268 e. The monoisotopic (exact) mass is 283 g/mol. The van der Waals surface area contributed by atoms with Crippen LogP contribution in [0.3, 0.4) is 0 Å². The van der Waals surface area contributed by atoms with E-state index < -0.39 is 0 Å². The Morgan fingerprint density at radius 2 is 2.37 bits per heavy atom. The molecular weight excluding hydrogens is 266 g/mol. The van der Waals surface area contributed by atoms with Gasteiger partial charge in [0.1, 0.15) is 10.7 Å². The van der Waals surface area contributed by atoms with Crippen molar-refractivity contribution in [3.8, 4) is 0 Å². The van der Waals surface area contributed by atoms with Gasteiger partial charge in [0.05, 0.1) is 6.54 Å². The molecule has 1 aromatic rings. The third-order valence-electron chi connectivity index (χ3n) is 2.96. The highest BCUT2D eigenvalue weighted by atomic mass is 32.1. The van der Waals surface area contributed by atoms with E-state index in [9.17, 15) is 9.59 Å². The van der Waals surface area contributed by atoms with Crippen molar-refractivity contribution in [2.45, 2.75) is 6.92 Å². The Labute approximate surface area is 115 Å². The Kier molecular flexibility index (Phi) is 3.89. The van der Waals surface area contributed by atoms with Crippen LogP contribution in [-0.4, -0.2) is 54.9 Å². The second kappa shape index (κ2) is 5.43. The van der Waals surface area contributed by atoms with Gasteiger partial charge in [0.25, 0.3) is 5.91 Å². The summed E-state index contributed by atoms with van der Waals surface area (Å²) in [5, 5.41) is 3.39. The maximum atomic E-state index is 12.3. The number of amides is 2. The van der Waals surface area contributed by atoms with Gasteiger partial charge in [0.2, 0.25) is 5.91 Å². The van der Waals surface area contributed by atoms with Gasteiger partial charge in [-0.2, -0.15) is 0 Å². The summed E-state index contributed by atoms with van der Waals surface area (Å²) in [5.41, 5.74) is 5.80. The van der Waals surface area contributed by atoms with E-state index in [1.165, 1.54) is 16.2 Å². The predicted molar refractivity (Wildman–Crippen MR) is 74.4 cm³/mol. The van der Waals surface area contributed by atoms with E-state index in [1.807, 2.05) is 18.9 Å². The third kappa shape index (κ3) is 2.78. The number of piperazine rings is 1. The summed E-state index contributed by atoms with van der Waals surface area (Å²) in [6.07, 6.45) is 0. The van der Waals surface area contributed by atoms with Gasteiger partial charge >= 0.3 is 0 Å². The molecule has 0 bridgehead atoms. The number of aromatic nitrogens is 1. The van der Waals surface area contributed by atoms with Gasteiger partial charge in [-0.3, -0.25) is 9.59 Å². The molecule has 0 atom stereocenters. The van der Waals surface area contributed by atoms with Crippen molar-refractivity contribution < 1.29 is 9.59 Å². The number of nitrogens with one attached hydrogen (secondary N) is 1. The number of nitrogens with two attached hydrogens (primary N) is 1. The number of hydrogen-bond donors (Lipinski definition) is 2. The molecule has 1 aromatic heterocycles. The number of nitrogens with zero attached hydrogens (tertiary/aromatic N) is 3. The van der Waals surface area contributed by atoms with Crippen molar-refractivity contribution in [1.29, 1.82) is 0 Å². The molecule has 3 N–H and O–H groups in total. The lowest BCUT2D eigenvalue weighted by molar-refractivity contribution is -0.123. The van der Waals surface area contributed by atoms with Gasteiger partial charge in [-0.25, -0.2) is 4.98 Å². The maximum absolute atomic E-state index is 12.3. The largest absolute Gasteiger partial charge is 0.382 e. The van der Waals surface area contributed by atoms with Crippen LogP contribution in [0.5, 0.6) is 0 Å². The Morgan fingerprint density at radius 3 is 3.00 bits per heavy atom. The first-order chi connectivity index (χ1) is 9.02. The quantitative estimate of drug-likeness (QED) is 0.798. The first-order valence-electron chi connectivity index (χ1n) is 6.06. The summed E-state index contributed by atoms with van der Waals surface area (Å²) in [5.74, 6) is -0.134. The van der Waals surface area contributed by atoms with Crippen molar-refractivity contribution in [3.63, 3.8) is 0 Å². The molecule has 0 aliphatic carbocycles. The lowest BCUT2D eigenvalue weighted by Crippen LogP contribution is -2.49. The highest BCUT2D eigenvalue weighted by Crippen LogP contribution is 2.28. The fourth-order valence-corrected chi connectivity index (χ4v) is 2.71. The molecule has 7 nitrogen and oxygen atoms in total. The zero-order valence-electron chi connectivity index (χ0n) is 11.0. The van der Waals surface area contributed by atoms with Gasteiger partial charge in [-0.05, 0) is 6.92 Å². The average molecular weight is 283 g/mol. The summed E-state index contributed by atoms with van der Waals surface area (Å²) in [6.45, 7) is 3.84. The summed E-state index contributed by atoms with van der Waals surface area (Å²) in [7, 11) is 1.89. The van der Waals surface area contributed by atoms with E-state index in [1.54, 1.807) is 0 Å². The maximum Gasteiger partial charge on any atom is 0.268 e. The van der Waals surface area contributed by atoms with Gasteiger partial charge in [0, 0.05) is 26.7 Å². The number of rotatable bonds is 3. The molecule has 8 heteroatoms. The van der Waals surface area contributed by atoms with Crippen LogP contribution < -0.4 is 16.0 Å². The molecule has 2 amide bonds. The van der Waals surface area contributed by atoms with Crippen LogP contribution in [0.25, 0.3) is 0 Å². The highest BCUT2D eigenvalue weighted by Gasteiger charge is 2.26. The molecule has 1 fully saturated rings. The summed E-state index contributed by atoms with van der Waals surface area (Å²) in [4.78, 5) is 31.6. The van der Waals surface area contributed by atoms with Gasteiger partial charge in [0.15, 0.2) is 5.13 Å². The van der Waals surface area contributed by atoms with E-state index >= 15 is 0 Å². The number of anilines is 2. The second-order valence-corrected chi connectivity index (χ2v) is 5.28. The van der Waals surface area contributed by atoms with E-state index in [-0.39, 0.29) is 24.2 Å². The van der Waals surface area contributed by atoms with Crippen LogP contribution in [0.4, 0.5) is 10.9 Å². The first-order valence-corrected chi connectivity index (χ1v) is 6.88. The molecule has 0 unspecified atom stereocenters. The summed E-state index contributed by atoms with van der Waals surface area (Å²) in [6, 6.07) is 0. The molecule has 104 valence electrons. The van der Waals surface area contributed by atoms with Crippen molar-refractivity contribution >= 4 is 34.1 Å². The van der Waals surface area contributed by atoms with Gasteiger partial charge in [-0.1, -0.05) is 11.3 Å². The van der Waals surface area contributed by atoms with Crippen molar-refractivity contribution in [1.82, 2.24) is 15.2 Å². The number of hydrogen-bond acceptors (Lipinski definition) is 6. The Morgan fingerprint density at radius 1 is 1.63 bits per heavy atom. The molecular formula is C11H17N5O2S. The SMILES string of the molecule is CCN(C)c1nc(N)c(C(=O)N2CCNC(=O)C2)s1. The molecule has 1 saturated heterocycles. The summed E-state index contributed by atoms with van der Waals surface area (Å²) >= 11 is 1.26. The first kappa shape index (κ1) is 13.6. The zero-order valence-corrected chi connectivity index (χ0v) is 11.8. The highest BCUT2D eigenvalue weighted by molar-refractivity contribution is 7.18. The van der Waals surface area contributed by atoms with E-state index in [0.29, 0.717) is 23.1 Å². The van der Waals surface area contributed by atoms with Gasteiger partial charge < -0.3 is 20.9 Å². The van der Waals surface area contributed by atoms with E-state index in [4.69, 9.17) is 5.73 Å². The Balaban J connectivity index is 2.19. The van der Waals surface area contributed by atoms with Crippen LogP contribution in [0.2, 0.25) is 0 Å². The van der Waals surface area contributed by atoms with Crippen LogP contribution in [-0.2, 0) is 4.79 Å². The third-order valence-corrected chi connectivity index (χ3v) is 4.14. The molecule has 2 rings (SSSR count).